The molecule has 142 valence electrons. The van der Waals surface area contributed by atoms with Gasteiger partial charge in [0.1, 0.15) is 16.9 Å². The highest BCUT2D eigenvalue weighted by molar-refractivity contribution is 7.92. The molecule has 0 spiro atoms. The van der Waals surface area contributed by atoms with E-state index in [1.54, 1.807) is 51.1 Å². The maximum atomic E-state index is 12.8. The van der Waals surface area contributed by atoms with E-state index >= 15 is 0 Å². The fraction of sp³-hybridized carbons (Fsp3) is 0.250. The molecule has 0 saturated heterocycles. The Kier molecular flexibility index (Phi) is 4.97. The van der Waals surface area contributed by atoms with Crippen molar-refractivity contribution in [2.24, 2.45) is 0 Å². The fourth-order valence-electron chi connectivity index (χ4n) is 3.05. The average molecular weight is 387 g/mol. The molecule has 1 heterocycles. The van der Waals surface area contributed by atoms with Crippen molar-refractivity contribution < 1.29 is 22.4 Å². The van der Waals surface area contributed by atoms with Crippen molar-refractivity contribution in [3.8, 4) is 0 Å². The van der Waals surface area contributed by atoms with Crippen LogP contribution in [0.4, 0.5) is 5.69 Å². The third-order valence-electron chi connectivity index (χ3n) is 4.22. The van der Waals surface area contributed by atoms with Crippen LogP contribution < -0.4 is 4.72 Å². The highest BCUT2D eigenvalue weighted by atomic mass is 32.2. The lowest BCUT2D eigenvalue weighted by atomic mass is 10.1. The van der Waals surface area contributed by atoms with Crippen LogP contribution in [0.5, 0.6) is 0 Å². The lowest BCUT2D eigenvalue weighted by molar-refractivity contribution is 0.0526. The van der Waals surface area contributed by atoms with Gasteiger partial charge < -0.3 is 9.15 Å². The zero-order valence-corrected chi connectivity index (χ0v) is 16.4. The Bertz CT molecular complexity index is 1130. The first-order valence-electron chi connectivity index (χ1n) is 8.53. The molecule has 0 aliphatic carbocycles. The number of esters is 1. The van der Waals surface area contributed by atoms with Gasteiger partial charge in [0.2, 0.25) is 0 Å². The number of sulfonamides is 1. The number of carbonyl (C=O) groups excluding carboxylic acids is 1. The number of hydrogen-bond donors (Lipinski definition) is 1. The summed E-state index contributed by atoms with van der Waals surface area (Å²) in [5.41, 5.74) is 2.79. The maximum absolute atomic E-state index is 12.8. The Labute approximate surface area is 158 Å². The number of aryl methyl sites for hydroxylation is 3. The van der Waals surface area contributed by atoms with Crippen LogP contribution in [-0.4, -0.2) is 21.0 Å². The number of hydrogen-bond acceptors (Lipinski definition) is 5. The van der Waals surface area contributed by atoms with Crippen LogP contribution in [0.2, 0.25) is 0 Å². The topological polar surface area (TPSA) is 85.6 Å². The summed E-state index contributed by atoms with van der Waals surface area (Å²) in [6.45, 7) is 7.29. The smallest absolute Gasteiger partial charge is 0.342 e. The highest BCUT2D eigenvalue weighted by Gasteiger charge is 2.21. The van der Waals surface area contributed by atoms with Gasteiger partial charge in [-0.1, -0.05) is 17.7 Å². The molecule has 0 bridgehead atoms. The quantitative estimate of drug-likeness (QED) is 0.659. The molecule has 0 saturated carbocycles. The zero-order valence-electron chi connectivity index (χ0n) is 15.6. The molecule has 0 aliphatic rings. The van der Waals surface area contributed by atoms with Gasteiger partial charge in [-0.15, -0.1) is 0 Å². The van der Waals surface area contributed by atoms with E-state index in [0.717, 1.165) is 5.56 Å². The summed E-state index contributed by atoms with van der Waals surface area (Å²) < 4.78 is 38.8. The molecular formula is C20H21NO5S. The molecule has 1 aromatic heterocycles. The molecule has 0 radical (unpaired) electrons. The first-order chi connectivity index (χ1) is 12.7. The van der Waals surface area contributed by atoms with Crippen LogP contribution in [0.15, 0.2) is 45.7 Å². The van der Waals surface area contributed by atoms with Gasteiger partial charge in [-0.25, -0.2) is 13.2 Å². The molecule has 0 aliphatic heterocycles. The monoisotopic (exact) mass is 387 g/mol. The molecular weight excluding hydrogens is 366 g/mol. The Morgan fingerprint density at radius 3 is 2.52 bits per heavy atom. The fourth-order valence-corrected chi connectivity index (χ4v) is 4.33. The number of benzene rings is 2. The predicted octanol–water partition coefficient (Wildman–Crippen LogP) is 4.34. The SMILES string of the molecule is CCOC(=O)c1c(C)oc2ccc(NS(=O)(=O)c3ccc(C)cc3C)cc12. The van der Waals surface area contributed by atoms with Gasteiger partial charge in [0.25, 0.3) is 10.0 Å². The van der Waals surface area contributed by atoms with Gasteiger partial charge in [0.15, 0.2) is 0 Å². The molecule has 0 amide bonds. The second-order valence-electron chi connectivity index (χ2n) is 6.34. The predicted molar refractivity (Wildman–Crippen MR) is 104 cm³/mol. The van der Waals surface area contributed by atoms with Gasteiger partial charge in [0, 0.05) is 11.1 Å². The zero-order chi connectivity index (χ0) is 19.8. The largest absolute Gasteiger partial charge is 0.462 e. The number of ether oxygens (including phenoxy) is 1. The molecule has 0 unspecified atom stereocenters. The van der Waals surface area contributed by atoms with E-state index in [4.69, 9.17) is 9.15 Å². The normalized spacial score (nSPS) is 11.6. The van der Waals surface area contributed by atoms with Crippen molar-refractivity contribution in [3.63, 3.8) is 0 Å². The van der Waals surface area contributed by atoms with Crippen LogP contribution in [0.25, 0.3) is 11.0 Å². The highest BCUT2D eigenvalue weighted by Crippen LogP contribution is 2.30. The summed E-state index contributed by atoms with van der Waals surface area (Å²) in [7, 11) is -3.76. The van der Waals surface area contributed by atoms with E-state index in [1.807, 2.05) is 13.0 Å². The first-order valence-corrected chi connectivity index (χ1v) is 10.0. The third-order valence-corrected chi connectivity index (χ3v) is 5.76. The summed E-state index contributed by atoms with van der Waals surface area (Å²) >= 11 is 0. The van der Waals surface area contributed by atoms with Crippen LogP contribution in [0.1, 0.15) is 34.2 Å². The van der Waals surface area contributed by atoms with Crippen molar-refractivity contribution >= 4 is 32.6 Å². The number of carbonyl (C=O) groups is 1. The van der Waals surface area contributed by atoms with E-state index < -0.39 is 16.0 Å². The second kappa shape index (κ2) is 7.08. The number of rotatable bonds is 5. The van der Waals surface area contributed by atoms with Gasteiger partial charge in [-0.3, -0.25) is 4.72 Å². The first kappa shape index (κ1) is 19.0. The summed E-state index contributed by atoms with van der Waals surface area (Å²) in [5, 5.41) is 0.506. The van der Waals surface area contributed by atoms with Crippen molar-refractivity contribution in [2.75, 3.05) is 11.3 Å². The molecule has 7 heteroatoms. The van der Waals surface area contributed by atoms with Crippen LogP contribution in [-0.2, 0) is 14.8 Å². The standard InChI is InChI=1S/C20H21NO5S/c1-5-25-20(22)19-14(4)26-17-8-7-15(11-16(17)19)21-27(23,24)18-9-6-12(2)10-13(18)3/h6-11,21H,5H2,1-4H3. The van der Waals surface area contributed by atoms with Crippen molar-refractivity contribution in [1.82, 2.24) is 0 Å². The Morgan fingerprint density at radius 1 is 1.11 bits per heavy atom. The minimum absolute atomic E-state index is 0.210. The number of furan rings is 1. The van der Waals surface area contributed by atoms with Gasteiger partial charge in [-0.05, 0) is 57.5 Å². The number of nitrogens with one attached hydrogen (secondary N) is 1. The van der Waals surface area contributed by atoms with Crippen molar-refractivity contribution in [3.05, 3.63) is 58.8 Å². The Morgan fingerprint density at radius 2 is 1.85 bits per heavy atom. The molecule has 1 N–H and O–H groups in total. The summed E-state index contributed by atoms with van der Waals surface area (Å²) in [6.07, 6.45) is 0. The van der Waals surface area contributed by atoms with Crippen molar-refractivity contribution in [1.29, 1.82) is 0 Å². The minimum atomic E-state index is -3.76. The van der Waals surface area contributed by atoms with Crippen LogP contribution in [0, 0.1) is 20.8 Å². The van der Waals surface area contributed by atoms with E-state index in [-0.39, 0.29) is 11.5 Å². The lowest BCUT2D eigenvalue weighted by Gasteiger charge is -2.11. The summed E-state index contributed by atoms with van der Waals surface area (Å²) in [4.78, 5) is 12.4. The maximum Gasteiger partial charge on any atom is 0.342 e. The minimum Gasteiger partial charge on any atom is -0.462 e. The molecule has 3 aromatic rings. The molecule has 0 atom stereocenters. The molecule has 6 nitrogen and oxygen atoms in total. The summed E-state index contributed by atoms with van der Waals surface area (Å²) in [5.74, 6) is -0.0685. The van der Waals surface area contributed by atoms with Gasteiger partial charge in [-0.2, -0.15) is 0 Å². The Hall–Kier alpha value is -2.80. The molecule has 27 heavy (non-hydrogen) atoms. The number of fused-ring (bicyclic) bond motifs is 1. The summed E-state index contributed by atoms with van der Waals surface area (Å²) in [6, 6.07) is 9.96. The lowest BCUT2D eigenvalue weighted by Crippen LogP contribution is -2.14. The van der Waals surface area contributed by atoms with Gasteiger partial charge >= 0.3 is 5.97 Å². The Balaban J connectivity index is 2.02. The van der Waals surface area contributed by atoms with E-state index in [2.05, 4.69) is 4.72 Å². The molecule has 2 aromatic carbocycles. The van der Waals surface area contributed by atoms with Gasteiger partial charge in [0.05, 0.1) is 11.5 Å². The van der Waals surface area contributed by atoms with E-state index in [1.165, 1.54) is 0 Å². The average Bonchev–Trinajstić information content (AvgIpc) is 2.89. The van der Waals surface area contributed by atoms with Crippen LogP contribution in [0.3, 0.4) is 0 Å². The molecule has 3 rings (SSSR count). The number of anilines is 1. The van der Waals surface area contributed by atoms with Crippen molar-refractivity contribution in [2.45, 2.75) is 32.6 Å². The van der Waals surface area contributed by atoms with E-state index in [9.17, 15) is 13.2 Å². The van der Waals surface area contributed by atoms with Crippen LogP contribution >= 0.6 is 0 Å². The van der Waals surface area contributed by atoms with E-state index in [0.29, 0.717) is 33.5 Å². The molecule has 0 fully saturated rings. The third kappa shape index (κ3) is 3.68. The second-order valence-corrected chi connectivity index (χ2v) is 7.99.